The van der Waals surface area contributed by atoms with Crippen LogP contribution in [0.4, 0.5) is 0 Å². The van der Waals surface area contributed by atoms with Gasteiger partial charge < -0.3 is 9.26 Å². The lowest BCUT2D eigenvalue weighted by molar-refractivity contribution is 0.359. The fraction of sp³-hybridized carbons (Fsp3) is 0.455. The number of hydrogen-bond acceptors (Lipinski definition) is 6. The van der Waals surface area contributed by atoms with E-state index in [9.17, 15) is 4.79 Å². The standard InChI is InChI=1S/C11H13ClN4O3/c1-6(2)10-14-7(15-19-10)4-16-5-13-9(12)8(18-3)11(16)17/h5-6H,4H2,1-3H3. The number of methoxy groups -OCH3 is 1. The van der Waals surface area contributed by atoms with Crippen molar-refractivity contribution in [1.82, 2.24) is 19.7 Å². The molecule has 0 aromatic carbocycles. The monoisotopic (exact) mass is 284 g/mol. The first-order valence-corrected chi connectivity index (χ1v) is 6.02. The van der Waals surface area contributed by atoms with E-state index in [0.717, 1.165) is 0 Å². The van der Waals surface area contributed by atoms with E-state index in [4.69, 9.17) is 20.9 Å². The molecule has 0 bridgehead atoms. The second-order valence-electron chi connectivity index (χ2n) is 4.21. The van der Waals surface area contributed by atoms with E-state index < -0.39 is 5.56 Å². The van der Waals surface area contributed by atoms with Gasteiger partial charge in [-0.3, -0.25) is 9.36 Å². The fourth-order valence-corrected chi connectivity index (χ4v) is 1.65. The van der Waals surface area contributed by atoms with Gasteiger partial charge in [-0.05, 0) is 0 Å². The van der Waals surface area contributed by atoms with Gasteiger partial charge in [0.2, 0.25) is 11.6 Å². The average Bonchev–Trinajstić information content (AvgIpc) is 2.82. The Bertz CT molecular complexity index is 635. The molecule has 8 heteroatoms. The normalized spacial score (nSPS) is 11.0. The molecule has 102 valence electrons. The Morgan fingerprint density at radius 2 is 2.26 bits per heavy atom. The molecule has 0 spiro atoms. The lowest BCUT2D eigenvalue weighted by Crippen LogP contribution is -2.23. The summed E-state index contributed by atoms with van der Waals surface area (Å²) in [5, 5.41) is 3.83. The first kappa shape index (κ1) is 13.5. The first-order valence-electron chi connectivity index (χ1n) is 5.64. The van der Waals surface area contributed by atoms with Crippen LogP contribution < -0.4 is 10.3 Å². The van der Waals surface area contributed by atoms with Gasteiger partial charge in [0.25, 0.3) is 5.56 Å². The fourth-order valence-electron chi connectivity index (χ4n) is 1.45. The number of hydrogen-bond donors (Lipinski definition) is 0. The summed E-state index contributed by atoms with van der Waals surface area (Å²) in [6, 6.07) is 0. The molecule has 2 aromatic heterocycles. The van der Waals surface area contributed by atoms with Crippen LogP contribution in [0.25, 0.3) is 0 Å². The summed E-state index contributed by atoms with van der Waals surface area (Å²) < 4.78 is 11.3. The van der Waals surface area contributed by atoms with Crippen LogP contribution in [0.5, 0.6) is 5.75 Å². The minimum atomic E-state index is -0.390. The van der Waals surface area contributed by atoms with Gasteiger partial charge in [-0.2, -0.15) is 4.98 Å². The van der Waals surface area contributed by atoms with Crippen LogP contribution in [0.3, 0.4) is 0 Å². The van der Waals surface area contributed by atoms with Gasteiger partial charge >= 0.3 is 0 Å². The van der Waals surface area contributed by atoms with Crippen molar-refractivity contribution >= 4 is 11.6 Å². The summed E-state index contributed by atoms with van der Waals surface area (Å²) in [6.45, 7) is 4.03. The first-order chi connectivity index (χ1) is 9.02. The van der Waals surface area contributed by atoms with Gasteiger partial charge in [0.1, 0.15) is 0 Å². The zero-order valence-corrected chi connectivity index (χ0v) is 11.5. The summed E-state index contributed by atoms with van der Waals surface area (Å²) in [5.74, 6) is 1.06. The van der Waals surface area contributed by atoms with Crippen LogP contribution in [-0.2, 0) is 6.54 Å². The van der Waals surface area contributed by atoms with E-state index in [1.807, 2.05) is 13.8 Å². The molecule has 0 atom stereocenters. The highest BCUT2D eigenvalue weighted by Crippen LogP contribution is 2.15. The summed E-state index contributed by atoms with van der Waals surface area (Å²) in [7, 11) is 1.36. The van der Waals surface area contributed by atoms with E-state index >= 15 is 0 Å². The SMILES string of the molecule is COc1c(Cl)ncn(Cc2noc(C(C)C)n2)c1=O. The number of nitrogens with zero attached hydrogens (tertiary/aromatic N) is 4. The largest absolute Gasteiger partial charge is 0.489 e. The Morgan fingerprint density at radius 3 is 2.84 bits per heavy atom. The molecule has 0 saturated heterocycles. The van der Waals surface area contributed by atoms with E-state index in [2.05, 4.69) is 15.1 Å². The Balaban J connectivity index is 2.30. The van der Waals surface area contributed by atoms with Crippen molar-refractivity contribution in [1.29, 1.82) is 0 Å². The summed E-state index contributed by atoms with van der Waals surface area (Å²) in [4.78, 5) is 20.0. The van der Waals surface area contributed by atoms with Crippen LogP contribution in [-0.4, -0.2) is 26.8 Å². The average molecular weight is 285 g/mol. The molecule has 0 aliphatic rings. The molecule has 0 N–H and O–H groups in total. The van der Waals surface area contributed by atoms with Gasteiger partial charge in [-0.15, -0.1) is 0 Å². The van der Waals surface area contributed by atoms with Crippen molar-refractivity contribution < 1.29 is 9.26 Å². The highest BCUT2D eigenvalue weighted by molar-refractivity contribution is 6.30. The molecule has 0 aliphatic carbocycles. The van der Waals surface area contributed by atoms with E-state index in [0.29, 0.717) is 11.7 Å². The van der Waals surface area contributed by atoms with Gasteiger partial charge in [-0.25, -0.2) is 4.98 Å². The molecule has 0 amide bonds. The van der Waals surface area contributed by atoms with Crippen LogP contribution >= 0.6 is 11.6 Å². The number of rotatable bonds is 4. The molecular formula is C11H13ClN4O3. The molecule has 7 nitrogen and oxygen atoms in total. The lowest BCUT2D eigenvalue weighted by atomic mass is 10.2. The van der Waals surface area contributed by atoms with Crippen LogP contribution in [0.15, 0.2) is 15.6 Å². The number of ether oxygens (including phenoxy) is 1. The number of halogens is 1. The summed E-state index contributed by atoms with van der Waals surface area (Å²) in [6.07, 6.45) is 1.32. The molecule has 2 rings (SSSR count). The number of aromatic nitrogens is 4. The molecule has 2 heterocycles. The molecule has 0 aliphatic heterocycles. The maximum Gasteiger partial charge on any atom is 0.297 e. The van der Waals surface area contributed by atoms with Crippen LogP contribution in [0.1, 0.15) is 31.5 Å². The Hall–Kier alpha value is -1.89. The van der Waals surface area contributed by atoms with E-state index in [1.54, 1.807) is 0 Å². The zero-order chi connectivity index (χ0) is 14.0. The van der Waals surface area contributed by atoms with Crippen molar-refractivity contribution in [2.75, 3.05) is 7.11 Å². The molecule has 0 saturated carbocycles. The quantitative estimate of drug-likeness (QED) is 0.791. The molecular weight excluding hydrogens is 272 g/mol. The zero-order valence-electron chi connectivity index (χ0n) is 10.8. The van der Waals surface area contributed by atoms with Gasteiger partial charge in [0.05, 0.1) is 20.0 Å². The molecule has 0 radical (unpaired) electrons. The van der Waals surface area contributed by atoms with Gasteiger partial charge in [-0.1, -0.05) is 30.6 Å². The van der Waals surface area contributed by atoms with Gasteiger partial charge in [0.15, 0.2) is 11.0 Å². The maximum atomic E-state index is 12.0. The van der Waals surface area contributed by atoms with E-state index in [1.165, 1.54) is 18.0 Å². The molecule has 2 aromatic rings. The predicted molar refractivity (Wildman–Crippen MR) is 67.5 cm³/mol. The predicted octanol–water partition coefficient (Wildman–Crippen LogP) is 1.46. The molecule has 0 unspecified atom stereocenters. The second kappa shape index (κ2) is 5.40. The van der Waals surface area contributed by atoms with E-state index in [-0.39, 0.29) is 23.4 Å². The van der Waals surface area contributed by atoms with Crippen molar-refractivity contribution in [2.45, 2.75) is 26.3 Å². The minimum Gasteiger partial charge on any atom is -0.489 e. The third-order valence-corrected chi connectivity index (χ3v) is 2.72. The van der Waals surface area contributed by atoms with Crippen LogP contribution in [0.2, 0.25) is 5.15 Å². The van der Waals surface area contributed by atoms with Crippen LogP contribution in [0, 0.1) is 0 Å². The third kappa shape index (κ3) is 2.76. The second-order valence-corrected chi connectivity index (χ2v) is 4.56. The van der Waals surface area contributed by atoms with Crippen molar-refractivity contribution in [3.05, 3.63) is 33.5 Å². The molecule has 0 fully saturated rings. The van der Waals surface area contributed by atoms with Crippen molar-refractivity contribution in [2.24, 2.45) is 0 Å². The summed E-state index contributed by atoms with van der Waals surface area (Å²) >= 11 is 5.75. The van der Waals surface area contributed by atoms with Crippen molar-refractivity contribution in [3.8, 4) is 5.75 Å². The molecule has 19 heavy (non-hydrogen) atoms. The topological polar surface area (TPSA) is 83.0 Å². The highest BCUT2D eigenvalue weighted by Gasteiger charge is 2.14. The lowest BCUT2D eigenvalue weighted by Gasteiger charge is -2.05. The minimum absolute atomic E-state index is 0.00301. The smallest absolute Gasteiger partial charge is 0.297 e. The Morgan fingerprint density at radius 1 is 1.53 bits per heavy atom. The van der Waals surface area contributed by atoms with Crippen molar-refractivity contribution in [3.63, 3.8) is 0 Å². The maximum absolute atomic E-state index is 12.0. The highest BCUT2D eigenvalue weighted by atomic mass is 35.5. The van der Waals surface area contributed by atoms with Gasteiger partial charge in [0, 0.05) is 5.92 Å². The Labute approximate surface area is 114 Å². The third-order valence-electron chi connectivity index (χ3n) is 2.45. The summed E-state index contributed by atoms with van der Waals surface area (Å²) in [5.41, 5.74) is -0.390. The Kier molecular flexibility index (Phi) is 3.84.